The molecule has 24 heavy (non-hydrogen) atoms. The number of rotatable bonds is 6. The Morgan fingerprint density at radius 1 is 1.38 bits per heavy atom. The van der Waals surface area contributed by atoms with Gasteiger partial charge in [-0.25, -0.2) is 13.1 Å². The second-order valence-electron chi connectivity index (χ2n) is 7.28. The maximum absolute atomic E-state index is 11.5. The summed E-state index contributed by atoms with van der Waals surface area (Å²) in [4.78, 5) is 2.43. The van der Waals surface area contributed by atoms with Gasteiger partial charge in [0.25, 0.3) is 0 Å². The van der Waals surface area contributed by atoms with E-state index in [0.717, 1.165) is 32.5 Å². The molecule has 0 unspecified atom stereocenters. The van der Waals surface area contributed by atoms with Crippen LogP contribution in [0.5, 0.6) is 0 Å². The molecule has 3 rings (SSSR count). The van der Waals surface area contributed by atoms with Crippen molar-refractivity contribution in [2.75, 3.05) is 32.0 Å². The van der Waals surface area contributed by atoms with E-state index in [1.807, 2.05) is 0 Å². The molecule has 2 aliphatic heterocycles. The van der Waals surface area contributed by atoms with Gasteiger partial charge in [0.05, 0.1) is 18.0 Å². The first kappa shape index (κ1) is 17.9. The van der Waals surface area contributed by atoms with E-state index in [9.17, 15) is 8.42 Å². The first-order valence-corrected chi connectivity index (χ1v) is 10.4. The van der Waals surface area contributed by atoms with Gasteiger partial charge in [-0.2, -0.15) is 0 Å². The Kier molecular flexibility index (Phi) is 5.30. The number of aryl methyl sites for hydroxylation is 1. The maximum atomic E-state index is 11.5. The first-order chi connectivity index (χ1) is 11.4. The predicted molar refractivity (Wildman–Crippen MR) is 95.3 cm³/mol. The number of nitrogens with one attached hydrogen (secondary N) is 1. The zero-order valence-electron chi connectivity index (χ0n) is 14.6. The summed E-state index contributed by atoms with van der Waals surface area (Å²) in [5.74, 6) is 0.432. The molecule has 1 spiro atoms. The molecule has 0 amide bonds. The van der Waals surface area contributed by atoms with Gasteiger partial charge in [-0.1, -0.05) is 29.8 Å². The van der Waals surface area contributed by atoms with Gasteiger partial charge in [-0.05, 0) is 38.2 Å². The molecule has 0 radical (unpaired) electrons. The van der Waals surface area contributed by atoms with Crippen LogP contribution in [0, 0.1) is 12.8 Å². The largest absolute Gasteiger partial charge is 0.372 e. The number of benzene rings is 1. The molecule has 2 saturated heterocycles. The minimum Gasteiger partial charge on any atom is -0.372 e. The topological polar surface area (TPSA) is 58.6 Å². The standard InChI is InChI=1S/C18H28N2O3S/c1-3-24(21,22)19-10-17-7-8-18(23-12-17)13-20(14-18)11-16-6-4-5-15(2)9-16/h4-6,9,17,19H,3,7-8,10-14H2,1-2H3/t17-/m1/s1. The molecule has 0 aromatic heterocycles. The Balaban J connectivity index is 1.42. The van der Waals surface area contributed by atoms with Crippen LogP contribution in [0.15, 0.2) is 24.3 Å². The van der Waals surface area contributed by atoms with Gasteiger partial charge < -0.3 is 4.74 Å². The monoisotopic (exact) mass is 352 g/mol. The summed E-state index contributed by atoms with van der Waals surface area (Å²) in [5.41, 5.74) is 2.66. The van der Waals surface area contributed by atoms with Crippen molar-refractivity contribution in [3.05, 3.63) is 35.4 Å². The van der Waals surface area contributed by atoms with Crippen LogP contribution < -0.4 is 4.72 Å². The van der Waals surface area contributed by atoms with E-state index >= 15 is 0 Å². The lowest BCUT2D eigenvalue weighted by atomic mass is 9.83. The van der Waals surface area contributed by atoms with Crippen molar-refractivity contribution in [3.8, 4) is 0 Å². The minimum atomic E-state index is -3.10. The molecule has 1 N–H and O–H groups in total. The van der Waals surface area contributed by atoms with Gasteiger partial charge in [0, 0.05) is 26.2 Å². The summed E-state index contributed by atoms with van der Waals surface area (Å²) in [5, 5.41) is 0. The third kappa shape index (κ3) is 4.36. The number of hydrogen-bond acceptors (Lipinski definition) is 4. The van der Waals surface area contributed by atoms with Crippen LogP contribution in [-0.4, -0.2) is 50.9 Å². The average molecular weight is 353 g/mol. The quantitative estimate of drug-likeness (QED) is 0.850. The zero-order valence-corrected chi connectivity index (χ0v) is 15.4. The summed E-state index contributed by atoms with van der Waals surface area (Å²) in [6, 6.07) is 8.65. The number of nitrogens with zero attached hydrogens (tertiary/aromatic N) is 1. The van der Waals surface area contributed by atoms with Gasteiger partial charge in [-0.15, -0.1) is 0 Å². The summed E-state index contributed by atoms with van der Waals surface area (Å²) in [7, 11) is -3.10. The Morgan fingerprint density at radius 2 is 2.17 bits per heavy atom. The van der Waals surface area contributed by atoms with Gasteiger partial charge >= 0.3 is 0 Å². The highest BCUT2D eigenvalue weighted by Gasteiger charge is 2.46. The molecule has 2 heterocycles. The zero-order chi connectivity index (χ0) is 17.2. The third-order valence-corrected chi connectivity index (χ3v) is 6.48. The molecule has 0 aliphatic carbocycles. The Hall–Kier alpha value is -0.950. The molecule has 0 bridgehead atoms. The number of likely N-dealkylation sites (tertiary alicyclic amines) is 1. The van der Waals surface area contributed by atoms with E-state index in [2.05, 4.69) is 40.8 Å². The minimum absolute atomic E-state index is 0.00392. The average Bonchev–Trinajstić information content (AvgIpc) is 2.53. The number of hydrogen-bond donors (Lipinski definition) is 1. The van der Waals surface area contributed by atoms with Crippen LogP contribution in [0.3, 0.4) is 0 Å². The van der Waals surface area contributed by atoms with Crippen molar-refractivity contribution in [2.45, 2.75) is 38.8 Å². The fourth-order valence-corrected chi connectivity index (χ4v) is 4.32. The van der Waals surface area contributed by atoms with Crippen molar-refractivity contribution >= 4 is 10.0 Å². The lowest BCUT2D eigenvalue weighted by molar-refractivity contribution is -0.181. The molecule has 1 aromatic carbocycles. The van der Waals surface area contributed by atoms with Crippen LogP contribution in [0.1, 0.15) is 30.9 Å². The molecule has 5 nitrogen and oxygen atoms in total. The summed E-state index contributed by atoms with van der Waals surface area (Å²) >= 11 is 0. The molecular weight excluding hydrogens is 324 g/mol. The maximum Gasteiger partial charge on any atom is 0.211 e. The van der Waals surface area contributed by atoms with Crippen LogP contribution >= 0.6 is 0 Å². The lowest BCUT2D eigenvalue weighted by Crippen LogP contribution is -2.64. The Labute approximate surface area is 145 Å². The fraction of sp³-hybridized carbons (Fsp3) is 0.667. The lowest BCUT2D eigenvalue weighted by Gasteiger charge is -2.53. The van der Waals surface area contributed by atoms with Gasteiger partial charge in [0.15, 0.2) is 0 Å². The first-order valence-electron chi connectivity index (χ1n) is 8.79. The molecule has 134 valence electrons. The second-order valence-corrected chi connectivity index (χ2v) is 9.38. The van der Waals surface area contributed by atoms with Crippen molar-refractivity contribution < 1.29 is 13.2 Å². The predicted octanol–water partition coefficient (Wildman–Crippen LogP) is 1.92. The highest BCUT2D eigenvalue weighted by atomic mass is 32.2. The van der Waals surface area contributed by atoms with Crippen LogP contribution in [0.4, 0.5) is 0 Å². The van der Waals surface area contributed by atoms with E-state index in [-0.39, 0.29) is 11.4 Å². The fourth-order valence-electron chi connectivity index (χ4n) is 3.62. The van der Waals surface area contributed by atoms with Gasteiger partial charge in [0.1, 0.15) is 0 Å². The van der Waals surface area contributed by atoms with Gasteiger partial charge in [-0.3, -0.25) is 4.90 Å². The summed E-state index contributed by atoms with van der Waals surface area (Å²) in [6.45, 7) is 7.88. The van der Waals surface area contributed by atoms with E-state index < -0.39 is 10.0 Å². The van der Waals surface area contributed by atoms with Crippen LogP contribution in [-0.2, 0) is 21.3 Å². The van der Waals surface area contributed by atoms with Gasteiger partial charge in [0.2, 0.25) is 10.0 Å². The summed E-state index contributed by atoms with van der Waals surface area (Å²) in [6.07, 6.45) is 2.06. The Morgan fingerprint density at radius 3 is 2.79 bits per heavy atom. The highest BCUT2D eigenvalue weighted by Crippen LogP contribution is 2.36. The number of sulfonamides is 1. The number of ether oxygens (including phenoxy) is 1. The molecular formula is C18H28N2O3S. The molecule has 0 saturated carbocycles. The van der Waals surface area contributed by atoms with E-state index in [0.29, 0.717) is 19.1 Å². The van der Waals surface area contributed by atoms with Crippen molar-refractivity contribution in [1.82, 2.24) is 9.62 Å². The van der Waals surface area contributed by atoms with Crippen LogP contribution in [0.25, 0.3) is 0 Å². The second kappa shape index (κ2) is 7.12. The SMILES string of the molecule is CCS(=O)(=O)NC[C@H]1CCC2(CN(Cc3cccc(C)c3)C2)OC1. The van der Waals surface area contributed by atoms with Crippen molar-refractivity contribution in [2.24, 2.45) is 5.92 Å². The third-order valence-electron chi connectivity index (χ3n) is 5.12. The molecule has 6 heteroatoms. The Bertz CT molecular complexity index is 659. The van der Waals surface area contributed by atoms with Crippen molar-refractivity contribution in [3.63, 3.8) is 0 Å². The molecule has 2 fully saturated rings. The van der Waals surface area contributed by atoms with Crippen molar-refractivity contribution in [1.29, 1.82) is 0 Å². The molecule has 2 aliphatic rings. The normalized spacial score (nSPS) is 24.0. The van der Waals surface area contributed by atoms with E-state index in [4.69, 9.17) is 4.74 Å². The highest BCUT2D eigenvalue weighted by molar-refractivity contribution is 7.89. The smallest absolute Gasteiger partial charge is 0.211 e. The van der Waals surface area contributed by atoms with E-state index in [1.165, 1.54) is 11.1 Å². The van der Waals surface area contributed by atoms with Crippen LogP contribution in [0.2, 0.25) is 0 Å². The molecule has 1 atom stereocenters. The summed E-state index contributed by atoms with van der Waals surface area (Å²) < 4.78 is 31.8. The van der Waals surface area contributed by atoms with E-state index in [1.54, 1.807) is 6.92 Å². The molecule has 1 aromatic rings.